The molecule has 6 heteroatoms. The first kappa shape index (κ1) is 18.5. The van der Waals surface area contributed by atoms with Gasteiger partial charge in [-0.2, -0.15) is 5.10 Å². The van der Waals surface area contributed by atoms with Crippen LogP contribution >= 0.6 is 0 Å². The van der Waals surface area contributed by atoms with Crippen LogP contribution in [0, 0.1) is 19.7 Å². The number of ketones is 1. The van der Waals surface area contributed by atoms with Crippen molar-refractivity contribution in [3.05, 3.63) is 82.4 Å². The Morgan fingerprint density at radius 3 is 2.67 bits per heavy atom. The van der Waals surface area contributed by atoms with Crippen molar-refractivity contribution in [1.29, 1.82) is 0 Å². The van der Waals surface area contributed by atoms with E-state index in [1.807, 2.05) is 19.1 Å². The van der Waals surface area contributed by atoms with Crippen molar-refractivity contribution >= 4 is 22.5 Å². The van der Waals surface area contributed by atoms with Crippen LogP contribution in [0.3, 0.4) is 0 Å². The van der Waals surface area contributed by atoms with Crippen LogP contribution in [-0.2, 0) is 6.42 Å². The molecule has 0 saturated carbocycles. The molecule has 0 bridgehead atoms. The van der Waals surface area contributed by atoms with Gasteiger partial charge in [-0.25, -0.2) is 14.1 Å². The Morgan fingerprint density at radius 2 is 1.90 bits per heavy atom. The zero-order valence-corrected chi connectivity index (χ0v) is 16.8. The lowest BCUT2D eigenvalue weighted by Gasteiger charge is -2.25. The van der Waals surface area contributed by atoms with Gasteiger partial charge in [-0.3, -0.25) is 4.79 Å². The number of rotatable bonds is 2. The van der Waals surface area contributed by atoms with Crippen LogP contribution in [-0.4, -0.2) is 20.5 Å². The van der Waals surface area contributed by atoms with Gasteiger partial charge in [-0.05, 0) is 55.5 Å². The van der Waals surface area contributed by atoms with Crippen LogP contribution in [0.1, 0.15) is 45.2 Å². The van der Waals surface area contributed by atoms with E-state index in [1.54, 1.807) is 16.8 Å². The second-order valence-electron chi connectivity index (χ2n) is 7.91. The number of anilines is 1. The zero-order chi connectivity index (χ0) is 21.0. The molecule has 1 unspecified atom stereocenters. The van der Waals surface area contributed by atoms with Crippen molar-refractivity contribution in [1.82, 2.24) is 14.8 Å². The molecule has 2 N–H and O–H groups in total. The van der Waals surface area contributed by atoms with Gasteiger partial charge in [0.05, 0.1) is 33.7 Å². The van der Waals surface area contributed by atoms with Crippen LogP contribution in [0.5, 0.6) is 0 Å². The van der Waals surface area contributed by atoms with Crippen molar-refractivity contribution in [2.45, 2.75) is 32.6 Å². The molecule has 0 saturated heterocycles. The number of aromatic nitrogens is 3. The fraction of sp³-hybridized carbons (Fsp3) is 0.208. The summed E-state index contributed by atoms with van der Waals surface area (Å²) in [6.07, 6.45) is 1.03. The number of hydrogen-bond donors (Lipinski definition) is 1. The van der Waals surface area contributed by atoms with E-state index < -0.39 is 0 Å². The van der Waals surface area contributed by atoms with E-state index in [-0.39, 0.29) is 17.5 Å². The van der Waals surface area contributed by atoms with E-state index in [1.165, 1.54) is 12.1 Å². The standard InChI is InChI=1S/C24H21FN4O/c1-13-6-3-4-9-18(13)15-10-19-22(20(30)11-15)23(26)21-14(2)28-29(24(21)27-19)17-8-5-7-16(25)12-17/h3-9,12,15H,10-11H2,1-2H3,(H2,26,27). The highest BCUT2D eigenvalue weighted by Gasteiger charge is 2.32. The second kappa shape index (κ2) is 6.76. The summed E-state index contributed by atoms with van der Waals surface area (Å²) >= 11 is 0. The number of fused-ring (bicyclic) bond motifs is 2. The minimum atomic E-state index is -0.352. The lowest BCUT2D eigenvalue weighted by molar-refractivity contribution is 0.0964. The van der Waals surface area contributed by atoms with Crippen LogP contribution in [0.4, 0.5) is 10.1 Å². The number of nitrogens with two attached hydrogens (primary N) is 1. The number of pyridine rings is 1. The molecule has 2 heterocycles. The fourth-order valence-electron chi connectivity index (χ4n) is 4.54. The molecule has 0 spiro atoms. The summed E-state index contributed by atoms with van der Waals surface area (Å²) in [6, 6.07) is 14.3. The number of carbonyl (C=O) groups is 1. The van der Waals surface area contributed by atoms with E-state index in [0.29, 0.717) is 52.2 Å². The maximum absolute atomic E-state index is 13.8. The summed E-state index contributed by atoms with van der Waals surface area (Å²) in [5, 5.41) is 5.20. The summed E-state index contributed by atoms with van der Waals surface area (Å²) < 4.78 is 15.4. The van der Waals surface area contributed by atoms with Gasteiger partial charge in [0.1, 0.15) is 5.82 Å². The molecule has 30 heavy (non-hydrogen) atoms. The minimum Gasteiger partial charge on any atom is -0.397 e. The largest absolute Gasteiger partial charge is 0.397 e. The lowest BCUT2D eigenvalue weighted by Crippen LogP contribution is -2.22. The predicted octanol–water partition coefficient (Wildman–Crippen LogP) is 4.67. The average Bonchev–Trinajstić information content (AvgIpc) is 3.04. The van der Waals surface area contributed by atoms with Gasteiger partial charge in [0, 0.05) is 6.42 Å². The molecule has 0 aliphatic heterocycles. The number of hydrogen-bond acceptors (Lipinski definition) is 4. The van der Waals surface area contributed by atoms with Crippen molar-refractivity contribution in [2.24, 2.45) is 0 Å². The normalized spacial score (nSPS) is 16.1. The zero-order valence-electron chi connectivity index (χ0n) is 16.8. The van der Waals surface area contributed by atoms with Gasteiger partial charge < -0.3 is 5.73 Å². The van der Waals surface area contributed by atoms with Crippen molar-refractivity contribution in [3.63, 3.8) is 0 Å². The van der Waals surface area contributed by atoms with Crippen LogP contribution in [0.25, 0.3) is 16.7 Å². The fourth-order valence-corrected chi connectivity index (χ4v) is 4.54. The van der Waals surface area contributed by atoms with E-state index in [4.69, 9.17) is 10.7 Å². The number of benzene rings is 2. The highest BCUT2D eigenvalue weighted by atomic mass is 19.1. The topological polar surface area (TPSA) is 73.8 Å². The summed E-state index contributed by atoms with van der Waals surface area (Å²) in [5.74, 6) is -0.286. The summed E-state index contributed by atoms with van der Waals surface area (Å²) in [7, 11) is 0. The third-order valence-corrected chi connectivity index (χ3v) is 5.94. The molecule has 0 amide bonds. The number of halogens is 1. The van der Waals surface area contributed by atoms with E-state index in [2.05, 4.69) is 24.2 Å². The van der Waals surface area contributed by atoms with Crippen LogP contribution < -0.4 is 5.73 Å². The van der Waals surface area contributed by atoms with Gasteiger partial charge in [-0.1, -0.05) is 30.3 Å². The van der Waals surface area contributed by atoms with Gasteiger partial charge in [-0.15, -0.1) is 0 Å². The molecule has 4 aromatic rings. The van der Waals surface area contributed by atoms with E-state index in [0.717, 1.165) is 11.1 Å². The Labute approximate surface area is 173 Å². The monoisotopic (exact) mass is 400 g/mol. The van der Waals surface area contributed by atoms with Crippen molar-refractivity contribution in [2.75, 3.05) is 5.73 Å². The number of nitrogen functional groups attached to an aromatic ring is 1. The molecule has 0 radical (unpaired) electrons. The van der Waals surface area contributed by atoms with Crippen molar-refractivity contribution < 1.29 is 9.18 Å². The number of nitrogens with zero attached hydrogens (tertiary/aromatic N) is 3. The Balaban J connectivity index is 1.70. The quantitative estimate of drug-likeness (QED) is 0.531. The molecule has 2 aromatic carbocycles. The molecule has 0 fully saturated rings. The van der Waals surface area contributed by atoms with E-state index in [9.17, 15) is 9.18 Å². The smallest absolute Gasteiger partial charge is 0.167 e. The first-order valence-electron chi connectivity index (χ1n) is 9.96. The Hall–Kier alpha value is -3.54. The SMILES string of the molecule is Cc1ccccc1C1CC(=O)c2c(nc3c(c(C)nn3-c3cccc(F)c3)c2N)C1. The first-order chi connectivity index (χ1) is 14.4. The number of Topliss-reactive ketones (excluding diaryl/α,β-unsaturated/α-hetero) is 1. The van der Waals surface area contributed by atoms with Gasteiger partial charge in [0.2, 0.25) is 0 Å². The molecular formula is C24H21FN4O. The van der Waals surface area contributed by atoms with Gasteiger partial charge in [0.15, 0.2) is 11.4 Å². The van der Waals surface area contributed by atoms with E-state index >= 15 is 0 Å². The molecule has 1 atom stereocenters. The average molecular weight is 400 g/mol. The summed E-state index contributed by atoms with van der Waals surface area (Å²) in [4.78, 5) is 17.9. The van der Waals surface area contributed by atoms with Crippen LogP contribution in [0.15, 0.2) is 48.5 Å². The van der Waals surface area contributed by atoms with Gasteiger partial charge in [0.25, 0.3) is 0 Å². The third kappa shape index (κ3) is 2.79. The lowest BCUT2D eigenvalue weighted by atomic mass is 9.79. The Bertz CT molecular complexity index is 1320. The molecule has 1 aliphatic rings. The minimum absolute atomic E-state index is 0.00862. The molecule has 5 rings (SSSR count). The highest BCUT2D eigenvalue weighted by molar-refractivity contribution is 6.09. The highest BCUT2D eigenvalue weighted by Crippen LogP contribution is 2.39. The predicted molar refractivity (Wildman–Crippen MR) is 115 cm³/mol. The number of aryl methyl sites for hydroxylation is 2. The third-order valence-electron chi connectivity index (χ3n) is 5.94. The Morgan fingerprint density at radius 1 is 1.10 bits per heavy atom. The van der Waals surface area contributed by atoms with Crippen LogP contribution in [0.2, 0.25) is 0 Å². The summed E-state index contributed by atoms with van der Waals surface area (Å²) in [5.41, 5.74) is 12.2. The molecular weight excluding hydrogens is 379 g/mol. The van der Waals surface area contributed by atoms with Crippen molar-refractivity contribution in [3.8, 4) is 5.69 Å². The molecule has 5 nitrogen and oxygen atoms in total. The van der Waals surface area contributed by atoms with Gasteiger partial charge >= 0.3 is 0 Å². The second-order valence-corrected chi connectivity index (χ2v) is 7.91. The molecule has 150 valence electrons. The maximum Gasteiger partial charge on any atom is 0.167 e. The summed E-state index contributed by atoms with van der Waals surface area (Å²) in [6.45, 7) is 3.88. The molecule has 2 aromatic heterocycles. The maximum atomic E-state index is 13.8. The first-order valence-corrected chi connectivity index (χ1v) is 9.96. The number of carbonyl (C=O) groups excluding carboxylic acids is 1. The molecule has 1 aliphatic carbocycles. The Kier molecular flexibility index (Phi) is 4.17.